The standard InChI is InChI=1S/C14H20O5/c1-11-4-5-13(12(10-11)14(15)16)19-7-3-6-18-9-8-17-2/h4-5,10H,3,6-9H2,1-2H3,(H,15,16). The highest BCUT2D eigenvalue weighted by atomic mass is 16.5. The van der Waals surface area contributed by atoms with E-state index in [0.717, 1.165) is 5.56 Å². The fraction of sp³-hybridized carbons (Fsp3) is 0.500. The molecule has 5 nitrogen and oxygen atoms in total. The number of hydrogen-bond donors (Lipinski definition) is 1. The molecule has 0 aromatic heterocycles. The summed E-state index contributed by atoms with van der Waals surface area (Å²) in [6.45, 7) is 3.97. The van der Waals surface area contributed by atoms with E-state index in [-0.39, 0.29) is 5.56 Å². The SMILES string of the molecule is COCCOCCCOc1ccc(C)cc1C(=O)O. The van der Waals surface area contributed by atoms with Gasteiger partial charge >= 0.3 is 5.97 Å². The second kappa shape index (κ2) is 8.50. The van der Waals surface area contributed by atoms with Crippen molar-refractivity contribution in [2.75, 3.05) is 33.5 Å². The van der Waals surface area contributed by atoms with Gasteiger partial charge in [0, 0.05) is 20.1 Å². The van der Waals surface area contributed by atoms with Gasteiger partial charge in [-0.25, -0.2) is 4.79 Å². The van der Waals surface area contributed by atoms with Crippen LogP contribution in [0.2, 0.25) is 0 Å². The zero-order valence-corrected chi connectivity index (χ0v) is 11.3. The third kappa shape index (κ3) is 5.72. The third-order valence-electron chi connectivity index (χ3n) is 2.49. The lowest BCUT2D eigenvalue weighted by Gasteiger charge is -2.10. The number of benzene rings is 1. The van der Waals surface area contributed by atoms with Crippen molar-refractivity contribution in [1.82, 2.24) is 0 Å². The van der Waals surface area contributed by atoms with Crippen LogP contribution < -0.4 is 4.74 Å². The molecular weight excluding hydrogens is 248 g/mol. The average Bonchev–Trinajstić information content (AvgIpc) is 2.39. The molecule has 0 radical (unpaired) electrons. The molecule has 1 aromatic carbocycles. The van der Waals surface area contributed by atoms with Crippen molar-refractivity contribution in [2.45, 2.75) is 13.3 Å². The number of rotatable bonds is 9. The summed E-state index contributed by atoms with van der Waals surface area (Å²) in [5, 5.41) is 9.07. The monoisotopic (exact) mass is 268 g/mol. The van der Waals surface area contributed by atoms with Crippen LogP contribution in [0, 0.1) is 6.92 Å². The van der Waals surface area contributed by atoms with Crippen molar-refractivity contribution in [3.8, 4) is 5.75 Å². The average molecular weight is 268 g/mol. The maximum Gasteiger partial charge on any atom is 0.339 e. The molecule has 0 aliphatic carbocycles. The van der Waals surface area contributed by atoms with Crippen LogP contribution in [-0.4, -0.2) is 44.6 Å². The molecule has 0 aliphatic rings. The van der Waals surface area contributed by atoms with Gasteiger partial charge in [-0.1, -0.05) is 11.6 Å². The second-order valence-corrected chi connectivity index (χ2v) is 4.11. The molecule has 0 spiro atoms. The largest absolute Gasteiger partial charge is 0.493 e. The Labute approximate surface area is 113 Å². The molecule has 0 saturated carbocycles. The zero-order valence-electron chi connectivity index (χ0n) is 11.3. The molecule has 1 aromatic rings. The Morgan fingerprint density at radius 3 is 2.68 bits per heavy atom. The lowest BCUT2D eigenvalue weighted by Crippen LogP contribution is -2.08. The fourth-order valence-corrected chi connectivity index (χ4v) is 1.52. The number of aromatic carboxylic acids is 1. The zero-order chi connectivity index (χ0) is 14.1. The predicted octanol–water partition coefficient (Wildman–Crippen LogP) is 2.13. The van der Waals surface area contributed by atoms with Crippen LogP contribution in [-0.2, 0) is 9.47 Å². The number of aryl methyl sites for hydroxylation is 1. The first-order valence-corrected chi connectivity index (χ1v) is 6.18. The predicted molar refractivity (Wildman–Crippen MR) is 70.9 cm³/mol. The van der Waals surface area contributed by atoms with Gasteiger partial charge in [-0.2, -0.15) is 0 Å². The van der Waals surface area contributed by atoms with Crippen LogP contribution in [0.3, 0.4) is 0 Å². The minimum atomic E-state index is -0.977. The highest BCUT2D eigenvalue weighted by Crippen LogP contribution is 2.20. The van der Waals surface area contributed by atoms with E-state index in [1.807, 2.05) is 13.0 Å². The first-order valence-electron chi connectivity index (χ1n) is 6.18. The Balaban J connectivity index is 2.35. The van der Waals surface area contributed by atoms with Crippen LogP contribution in [0.15, 0.2) is 18.2 Å². The third-order valence-corrected chi connectivity index (χ3v) is 2.49. The number of carbonyl (C=O) groups is 1. The summed E-state index contributed by atoms with van der Waals surface area (Å²) >= 11 is 0. The van der Waals surface area contributed by atoms with E-state index in [2.05, 4.69) is 0 Å². The summed E-state index contributed by atoms with van der Waals surface area (Å²) in [4.78, 5) is 11.1. The normalized spacial score (nSPS) is 10.4. The van der Waals surface area contributed by atoms with E-state index in [1.54, 1.807) is 19.2 Å². The molecule has 106 valence electrons. The smallest absolute Gasteiger partial charge is 0.339 e. The Bertz CT molecular complexity index is 403. The van der Waals surface area contributed by atoms with Crippen LogP contribution in [0.1, 0.15) is 22.3 Å². The van der Waals surface area contributed by atoms with Gasteiger partial charge in [0.15, 0.2) is 0 Å². The highest BCUT2D eigenvalue weighted by Gasteiger charge is 2.11. The molecule has 0 heterocycles. The number of ether oxygens (including phenoxy) is 3. The van der Waals surface area contributed by atoms with E-state index in [1.165, 1.54) is 0 Å². The van der Waals surface area contributed by atoms with Crippen molar-refractivity contribution < 1.29 is 24.1 Å². The van der Waals surface area contributed by atoms with Gasteiger partial charge in [-0.05, 0) is 19.1 Å². The van der Waals surface area contributed by atoms with E-state index in [9.17, 15) is 4.79 Å². The summed E-state index contributed by atoms with van der Waals surface area (Å²) in [5.41, 5.74) is 1.09. The van der Waals surface area contributed by atoms with Crippen LogP contribution in [0.5, 0.6) is 5.75 Å². The van der Waals surface area contributed by atoms with Crippen molar-refractivity contribution in [3.05, 3.63) is 29.3 Å². The Kier molecular flexibility index (Phi) is 6.92. The number of hydrogen-bond acceptors (Lipinski definition) is 4. The van der Waals surface area contributed by atoms with E-state index in [0.29, 0.717) is 38.6 Å². The summed E-state index contributed by atoms with van der Waals surface area (Å²) < 4.78 is 15.6. The van der Waals surface area contributed by atoms with Gasteiger partial charge in [0.2, 0.25) is 0 Å². The van der Waals surface area contributed by atoms with Crippen molar-refractivity contribution in [1.29, 1.82) is 0 Å². The molecule has 0 atom stereocenters. The topological polar surface area (TPSA) is 65.0 Å². The maximum absolute atomic E-state index is 11.1. The molecule has 0 unspecified atom stereocenters. The molecule has 0 fully saturated rings. The Morgan fingerprint density at radius 2 is 2.00 bits per heavy atom. The van der Waals surface area contributed by atoms with E-state index >= 15 is 0 Å². The minimum Gasteiger partial charge on any atom is -0.493 e. The van der Waals surface area contributed by atoms with Gasteiger partial charge < -0.3 is 19.3 Å². The molecule has 0 bridgehead atoms. The van der Waals surface area contributed by atoms with Crippen molar-refractivity contribution in [3.63, 3.8) is 0 Å². The molecule has 1 rings (SSSR count). The summed E-state index contributed by atoms with van der Waals surface area (Å²) in [6.07, 6.45) is 0.705. The Morgan fingerprint density at radius 1 is 1.21 bits per heavy atom. The van der Waals surface area contributed by atoms with Gasteiger partial charge in [0.25, 0.3) is 0 Å². The second-order valence-electron chi connectivity index (χ2n) is 4.11. The lowest BCUT2D eigenvalue weighted by molar-refractivity contribution is 0.0637. The fourth-order valence-electron chi connectivity index (χ4n) is 1.52. The molecule has 1 N–H and O–H groups in total. The van der Waals surface area contributed by atoms with E-state index < -0.39 is 5.97 Å². The van der Waals surface area contributed by atoms with Crippen molar-refractivity contribution in [2.24, 2.45) is 0 Å². The van der Waals surface area contributed by atoms with Gasteiger partial charge in [-0.3, -0.25) is 0 Å². The maximum atomic E-state index is 11.1. The van der Waals surface area contributed by atoms with Crippen LogP contribution in [0.4, 0.5) is 0 Å². The molecule has 19 heavy (non-hydrogen) atoms. The van der Waals surface area contributed by atoms with Crippen molar-refractivity contribution >= 4 is 5.97 Å². The Hall–Kier alpha value is -1.59. The highest BCUT2D eigenvalue weighted by molar-refractivity contribution is 5.91. The first kappa shape index (κ1) is 15.5. The number of carboxylic acids is 1. The van der Waals surface area contributed by atoms with Gasteiger partial charge in [-0.15, -0.1) is 0 Å². The minimum absolute atomic E-state index is 0.195. The van der Waals surface area contributed by atoms with Gasteiger partial charge in [0.1, 0.15) is 11.3 Å². The summed E-state index contributed by atoms with van der Waals surface area (Å²) in [7, 11) is 1.62. The summed E-state index contributed by atoms with van der Waals surface area (Å²) in [5.74, 6) is -0.579. The molecule has 5 heteroatoms. The summed E-state index contributed by atoms with van der Waals surface area (Å²) in [6, 6.07) is 5.12. The van der Waals surface area contributed by atoms with E-state index in [4.69, 9.17) is 19.3 Å². The van der Waals surface area contributed by atoms with Crippen LogP contribution >= 0.6 is 0 Å². The molecule has 0 amide bonds. The molecule has 0 aliphatic heterocycles. The first-order chi connectivity index (χ1) is 9.15. The lowest BCUT2D eigenvalue weighted by atomic mass is 10.1. The quantitative estimate of drug-likeness (QED) is 0.695. The number of carboxylic acid groups (broad SMARTS) is 1. The van der Waals surface area contributed by atoms with Crippen LogP contribution in [0.25, 0.3) is 0 Å². The number of methoxy groups -OCH3 is 1. The molecular formula is C14H20O5. The molecule has 0 saturated heterocycles. The van der Waals surface area contributed by atoms with Gasteiger partial charge in [0.05, 0.1) is 19.8 Å².